The number of aromatic nitrogens is 2. The highest BCUT2D eigenvalue weighted by Crippen LogP contribution is 2.42. The zero-order chi connectivity index (χ0) is 17.7. The van der Waals surface area contributed by atoms with Crippen LogP contribution >= 0.6 is 27.5 Å². The van der Waals surface area contributed by atoms with Crippen LogP contribution in [0.5, 0.6) is 0 Å². The fourth-order valence-corrected chi connectivity index (χ4v) is 6.32. The molecule has 2 atom stereocenters. The number of pyridine rings is 1. The second kappa shape index (κ2) is 5.89. The van der Waals surface area contributed by atoms with E-state index in [0.29, 0.717) is 17.4 Å². The first-order chi connectivity index (χ1) is 11.2. The summed E-state index contributed by atoms with van der Waals surface area (Å²) in [5.74, 6) is 0. The first-order valence-corrected chi connectivity index (χ1v) is 10.1. The van der Waals surface area contributed by atoms with Crippen molar-refractivity contribution < 1.29 is 8.42 Å². The molecule has 24 heavy (non-hydrogen) atoms. The van der Waals surface area contributed by atoms with E-state index in [1.54, 1.807) is 31.2 Å². The fraction of sp³-hybridized carbons (Fsp3) is 0.312. The van der Waals surface area contributed by atoms with E-state index in [-0.39, 0.29) is 5.52 Å². The van der Waals surface area contributed by atoms with Crippen molar-refractivity contribution in [2.24, 2.45) is 0 Å². The zero-order valence-corrected chi connectivity index (χ0v) is 16.2. The summed E-state index contributed by atoms with van der Waals surface area (Å²) in [5.41, 5.74) is 0.336. The topological polar surface area (TPSA) is 71.9 Å². The molecule has 2 aromatic rings. The number of hydrogen-bond acceptors (Lipinski definition) is 3. The van der Waals surface area contributed by atoms with E-state index in [2.05, 4.69) is 20.9 Å². The van der Waals surface area contributed by atoms with E-state index in [1.807, 2.05) is 6.92 Å². The van der Waals surface area contributed by atoms with Gasteiger partial charge in [-0.25, -0.2) is 12.4 Å². The molecule has 1 N–H and O–H groups in total. The first kappa shape index (κ1) is 17.5. The van der Waals surface area contributed by atoms with Crippen LogP contribution in [0, 0.1) is 0 Å². The van der Waals surface area contributed by atoms with Crippen molar-refractivity contribution in [1.29, 1.82) is 0 Å². The summed E-state index contributed by atoms with van der Waals surface area (Å²) >= 11 is 9.83. The van der Waals surface area contributed by atoms with Crippen LogP contribution in [0.4, 0.5) is 0 Å². The lowest BCUT2D eigenvalue weighted by molar-refractivity contribution is 0.544. The van der Waals surface area contributed by atoms with Crippen molar-refractivity contribution in [3.8, 4) is 0 Å². The maximum Gasteiger partial charge on any atom is 0.273 e. The molecule has 0 spiro atoms. The zero-order valence-electron chi connectivity index (χ0n) is 13.1. The Bertz CT molecular complexity index is 1040. The van der Waals surface area contributed by atoms with Crippen LogP contribution in [0.25, 0.3) is 10.9 Å². The average molecular weight is 432 g/mol. The van der Waals surface area contributed by atoms with Crippen LogP contribution in [0.3, 0.4) is 0 Å². The van der Waals surface area contributed by atoms with Crippen molar-refractivity contribution >= 4 is 48.5 Å². The molecule has 8 heteroatoms. The molecule has 0 amide bonds. The number of rotatable bonds is 3. The SMILES string of the molecule is CCC1=CC(Br)=CC(Cl)C1(C)S(=O)(=O)n1ccc2cc[nH]c(=O)c21. The number of H-pyrrole nitrogens is 1. The van der Waals surface area contributed by atoms with E-state index in [4.69, 9.17) is 11.6 Å². The molecule has 5 nitrogen and oxygen atoms in total. The van der Waals surface area contributed by atoms with Gasteiger partial charge in [-0.15, -0.1) is 11.6 Å². The minimum atomic E-state index is -3.97. The standard InChI is InChI=1S/C16H16BrClN2O3S/c1-3-11-8-12(17)9-13(18)16(11,2)24(22,23)20-7-5-10-4-6-19-15(21)14(10)20/h4-9,13H,3H2,1-2H3,(H,19,21). The van der Waals surface area contributed by atoms with Gasteiger partial charge in [-0.1, -0.05) is 28.9 Å². The number of halogens is 2. The van der Waals surface area contributed by atoms with Crippen LogP contribution in [0.1, 0.15) is 20.3 Å². The Kier molecular flexibility index (Phi) is 4.30. The lowest BCUT2D eigenvalue weighted by Gasteiger charge is -2.37. The minimum absolute atomic E-state index is 0.103. The number of fused-ring (bicyclic) bond motifs is 1. The molecule has 2 unspecified atom stereocenters. The fourth-order valence-electron chi connectivity index (χ4n) is 3.07. The summed E-state index contributed by atoms with van der Waals surface area (Å²) in [6.07, 6.45) is 6.87. The number of alkyl halides is 1. The molecular formula is C16H16BrClN2O3S. The third-order valence-electron chi connectivity index (χ3n) is 4.53. The third kappa shape index (κ3) is 2.33. The van der Waals surface area contributed by atoms with Gasteiger partial charge in [0, 0.05) is 22.3 Å². The summed E-state index contributed by atoms with van der Waals surface area (Å²) < 4.78 is 27.4. The molecular weight excluding hydrogens is 416 g/mol. The third-order valence-corrected chi connectivity index (χ3v) is 8.13. The van der Waals surface area contributed by atoms with Crippen molar-refractivity contribution in [1.82, 2.24) is 8.96 Å². The molecule has 0 saturated carbocycles. The minimum Gasteiger partial charge on any atom is -0.327 e. The highest BCUT2D eigenvalue weighted by atomic mass is 79.9. The maximum absolute atomic E-state index is 13.5. The number of nitrogens with one attached hydrogen (secondary N) is 1. The van der Waals surface area contributed by atoms with Crippen LogP contribution in [-0.4, -0.2) is 27.5 Å². The van der Waals surface area contributed by atoms with Gasteiger partial charge in [0.1, 0.15) is 10.3 Å². The Balaban J connectivity index is 2.31. The lowest BCUT2D eigenvalue weighted by Crippen LogP contribution is -2.49. The highest BCUT2D eigenvalue weighted by molar-refractivity contribution is 9.11. The van der Waals surface area contributed by atoms with Crippen LogP contribution < -0.4 is 5.56 Å². The average Bonchev–Trinajstić information content (AvgIpc) is 2.96. The number of hydrogen-bond donors (Lipinski definition) is 1. The van der Waals surface area contributed by atoms with E-state index >= 15 is 0 Å². The van der Waals surface area contributed by atoms with Crippen molar-refractivity contribution in [2.45, 2.75) is 30.4 Å². The molecule has 128 valence electrons. The number of aromatic amines is 1. The lowest BCUT2D eigenvalue weighted by atomic mass is 9.90. The molecule has 0 bridgehead atoms. The second-order valence-corrected chi connectivity index (χ2v) is 9.39. The molecule has 1 aliphatic carbocycles. The van der Waals surface area contributed by atoms with Gasteiger partial charge in [0.25, 0.3) is 5.56 Å². The van der Waals surface area contributed by atoms with E-state index in [1.165, 1.54) is 12.4 Å². The Morgan fingerprint density at radius 2 is 2.12 bits per heavy atom. The number of allylic oxidation sites excluding steroid dienone is 3. The van der Waals surface area contributed by atoms with Gasteiger partial charge in [-0.3, -0.25) is 4.79 Å². The van der Waals surface area contributed by atoms with Crippen LogP contribution in [0.2, 0.25) is 0 Å². The van der Waals surface area contributed by atoms with Gasteiger partial charge in [0.05, 0.1) is 5.38 Å². The summed E-state index contributed by atoms with van der Waals surface area (Å²) in [4.78, 5) is 14.7. The Labute approximate surface area is 153 Å². The van der Waals surface area contributed by atoms with Crippen molar-refractivity contribution in [2.75, 3.05) is 0 Å². The normalized spacial score (nSPS) is 24.8. The number of nitrogens with zero attached hydrogens (tertiary/aromatic N) is 1. The van der Waals surface area contributed by atoms with Gasteiger partial charge >= 0.3 is 0 Å². The summed E-state index contributed by atoms with van der Waals surface area (Å²) in [7, 11) is -3.97. The van der Waals surface area contributed by atoms with Gasteiger partial charge < -0.3 is 4.98 Å². The largest absolute Gasteiger partial charge is 0.327 e. The van der Waals surface area contributed by atoms with Crippen LogP contribution in [-0.2, 0) is 10.0 Å². The monoisotopic (exact) mass is 430 g/mol. The molecule has 0 aliphatic heterocycles. The molecule has 1 aliphatic rings. The van der Waals surface area contributed by atoms with Gasteiger partial charge in [-0.05, 0) is 37.1 Å². The molecule has 0 aromatic carbocycles. The Hall–Kier alpha value is -1.31. The quantitative estimate of drug-likeness (QED) is 0.756. The first-order valence-electron chi connectivity index (χ1n) is 7.39. The Morgan fingerprint density at radius 3 is 2.79 bits per heavy atom. The summed E-state index contributed by atoms with van der Waals surface area (Å²) in [6, 6.07) is 3.27. The van der Waals surface area contributed by atoms with E-state index < -0.39 is 25.7 Å². The van der Waals surface area contributed by atoms with Gasteiger partial charge in [0.15, 0.2) is 0 Å². The molecule has 0 fully saturated rings. The predicted molar refractivity (Wildman–Crippen MR) is 100 cm³/mol. The highest BCUT2D eigenvalue weighted by Gasteiger charge is 2.50. The second-order valence-electron chi connectivity index (χ2n) is 5.81. The summed E-state index contributed by atoms with van der Waals surface area (Å²) in [6.45, 7) is 3.49. The van der Waals surface area contributed by atoms with Crippen LogP contribution in [0.15, 0.2) is 51.5 Å². The Morgan fingerprint density at radius 1 is 1.42 bits per heavy atom. The molecule has 2 heterocycles. The smallest absolute Gasteiger partial charge is 0.273 e. The predicted octanol–water partition coefficient (Wildman–Crippen LogP) is 3.50. The van der Waals surface area contributed by atoms with E-state index in [0.717, 1.165) is 8.45 Å². The molecule has 2 aromatic heterocycles. The molecule has 0 saturated heterocycles. The summed E-state index contributed by atoms with van der Waals surface area (Å²) in [5, 5.41) is -0.205. The molecule has 3 rings (SSSR count). The van der Waals surface area contributed by atoms with Gasteiger partial charge in [0.2, 0.25) is 10.0 Å². The van der Waals surface area contributed by atoms with E-state index in [9.17, 15) is 13.2 Å². The van der Waals surface area contributed by atoms with Crippen molar-refractivity contribution in [3.05, 3.63) is 57.1 Å². The van der Waals surface area contributed by atoms with Gasteiger partial charge in [-0.2, -0.15) is 0 Å². The molecule has 0 radical (unpaired) electrons. The maximum atomic E-state index is 13.5. The van der Waals surface area contributed by atoms with Crippen molar-refractivity contribution in [3.63, 3.8) is 0 Å².